The van der Waals surface area contributed by atoms with E-state index in [-0.39, 0.29) is 30.0 Å². The van der Waals surface area contributed by atoms with Crippen LogP contribution in [0.1, 0.15) is 61.8 Å². The van der Waals surface area contributed by atoms with E-state index in [4.69, 9.17) is 14.2 Å². The maximum atomic E-state index is 12.6. The first-order valence-electron chi connectivity index (χ1n) is 7.85. The van der Waals surface area contributed by atoms with Crippen molar-refractivity contribution < 1.29 is 19.0 Å². The quantitative estimate of drug-likeness (QED) is 0.725. The van der Waals surface area contributed by atoms with Gasteiger partial charge in [-0.1, -0.05) is 34.6 Å². The van der Waals surface area contributed by atoms with Gasteiger partial charge in [0.25, 0.3) is 0 Å². The minimum absolute atomic E-state index is 0.0764. The third-order valence-electron chi connectivity index (χ3n) is 4.11. The molecule has 4 heteroatoms. The normalized spacial score (nSPS) is 24.9. The number of carbonyl (C=O) groups is 1. The van der Waals surface area contributed by atoms with Gasteiger partial charge < -0.3 is 14.2 Å². The Morgan fingerprint density at radius 1 is 1.29 bits per heavy atom. The fourth-order valence-electron chi connectivity index (χ4n) is 2.79. The van der Waals surface area contributed by atoms with Crippen LogP contribution in [0.15, 0.2) is 0 Å². The van der Waals surface area contributed by atoms with Crippen molar-refractivity contribution in [3.63, 3.8) is 0 Å². The Kier molecular flexibility index (Phi) is 5.49. The van der Waals surface area contributed by atoms with Gasteiger partial charge in [0, 0.05) is 0 Å². The molecular weight excluding hydrogens is 268 g/mol. The lowest BCUT2D eigenvalue weighted by molar-refractivity contribution is -0.170. The first kappa shape index (κ1) is 18.4. The molecule has 0 aromatic carbocycles. The van der Waals surface area contributed by atoms with Gasteiger partial charge in [0.05, 0.1) is 12.0 Å². The number of hydrogen-bond acceptors (Lipinski definition) is 4. The SMILES string of the molecule is CC(C)C(C)(CC(C)(C)C)C(=O)OCC1COC(C)(C)O1. The fourth-order valence-corrected chi connectivity index (χ4v) is 2.79. The molecule has 0 aromatic rings. The zero-order valence-corrected chi connectivity index (χ0v) is 14.9. The van der Waals surface area contributed by atoms with Crippen LogP contribution in [0.2, 0.25) is 0 Å². The lowest BCUT2D eigenvalue weighted by Gasteiger charge is -2.37. The summed E-state index contributed by atoms with van der Waals surface area (Å²) < 4.78 is 16.7. The molecule has 0 bridgehead atoms. The molecule has 1 aliphatic heterocycles. The molecule has 124 valence electrons. The first-order chi connectivity index (χ1) is 9.36. The van der Waals surface area contributed by atoms with Crippen molar-refractivity contribution in [2.75, 3.05) is 13.2 Å². The standard InChI is InChI=1S/C17H32O4/c1-12(2)17(8,11-15(3,4)5)14(18)19-9-13-10-20-16(6,7)21-13/h12-13H,9-11H2,1-8H3. The molecule has 0 aromatic heterocycles. The summed E-state index contributed by atoms with van der Waals surface area (Å²) in [6, 6.07) is 0. The smallest absolute Gasteiger partial charge is 0.312 e. The summed E-state index contributed by atoms with van der Waals surface area (Å²) >= 11 is 0. The van der Waals surface area contributed by atoms with Gasteiger partial charge in [-0.25, -0.2) is 0 Å². The minimum atomic E-state index is -0.580. The van der Waals surface area contributed by atoms with Gasteiger partial charge in [0.2, 0.25) is 0 Å². The van der Waals surface area contributed by atoms with Crippen LogP contribution in [0.3, 0.4) is 0 Å². The summed E-state index contributed by atoms with van der Waals surface area (Å²) in [5.41, 5.74) is -0.403. The number of hydrogen-bond donors (Lipinski definition) is 0. The van der Waals surface area contributed by atoms with Crippen LogP contribution in [0.4, 0.5) is 0 Å². The molecule has 0 saturated carbocycles. The van der Waals surface area contributed by atoms with Crippen molar-refractivity contribution in [2.24, 2.45) is 16.7 Å². The average molecular weight is 300 g/mol. The molecule has 0 spiro atoms. The Hall–Kier alpha value is -0.610. The van der Waals surface area contributed by atoms with Crippen LogP contribution in [0.5, 0.6) is 0 Å². The zero-order valence-electron chi connectivity index (χ0n) is 14.9. The molecule has 0 amide bonds. The zero-order chi connectivity index (χ0) is 16.5. The summed E-state index contributed by atoms with van der Waals surface area (Å²) in [6.45, 7) is 17.1. The van der Waals surface area contributed by atoms with E-state index in [0.29, 0.717) is 6.61 Å². The van der Waals surface area contributed by atoms with Gasteiger partial charge in [0.15, 0.2) is 5.79 Å². The molecule has 4 nitrogen and oxygen atoms in total. The molecule has 0 N–H and O–H groups in total. The molecule has 2 atom stereocenters. The molecule has 1 heterocycles. The van der Waals surface area contributed by atoms with E-state index in [1.165, 1.54) is 0 Å². The van der Waals surface area contributed by atoms with Gasteiger partial charge in [-0.15, -0.1) is 0 Å². The highest BCUT2D eigenvalue weighted by molar-refractivity contribution is 5.76. The fraction of sp³-hybridized carbons (Fsp3) is 0.941. The van der Waals surface area contributed by atoms with Crippen molar-refractivity contribution >= 4 is 5.97 Å². The second kappa shape index (κ2) is 6.25. The van der Waals surface area contributed by atoms with Crippen molar-refractivity contribution in [1.82, 2.24) is 0 Å². The molecule has 21 heavy (non-hydrogen) atoms. The van der Waals surface area contributed by atoms with Gasteiger partial charge >= 0.3 is 5.97 Å². The van der Waals surface area contributed by atoms with Crippen LogP contribution >= 0.6 is 0 Å². The summed E-state index contributed by atoms with van der Waals surface area (Å²) in [6.07, 6.45) is 0.624. The Bertz CT molecular complexity index is 367. The third-order valence-corrected chi connectivity index (χ3v) is 4.11. The number of carbonyl (C=O) groups excluding carboxylic acids is 1. The van der Waals surface area contributed by atoms with Gasteiger partial charge in [-0.2, -0.15) is 0 Å². The molecule has 2 unspecified atom stereocenters. The predicted octanol–water partition coefficient (Wildman–Crippen LogP) is 3.78. The maximum Gasteiger partial charge on any atom is 0.312 e. The van der Waals surface area contributed by atoms with Crippen LogP contribution in [0.25, 0.3) is 0 Å². The van der Waals surface area contributed by atoms with E-state index < -0.39 is 11.2 Å². The van der Waals surface area contributed by atoms with E-state index >= 15 is 0 Å². The van der Waals surface area contributed by atoms with Crippen molar-refractivity contribution in [3.8, 4) is 0 Å². The van der Waals surface area contributed by atoms with Crippen molar-refractivity contribution in [3.05, 3.63) is 0 Å². The Morgan fingerprint density at radius 2 is 1.86 bits per heavy atom. The van der Waals surface area contributed by atoms with Crippen LogP contribution in [0, 0.1) is 16.7 Å². The van der Waals surface area contributed by atoms with Crippen LogP contribution < -0.4 is 0 Å². The van der Waals surface area contributed by atoms with E-state index in [1.807, 2.05) is 20.8 Å². The second-order valence-electron chi connectivity index (χ2n) is 8.36. The Labute approximate surface area is 129 Å². The Balaban J connectivity index is 2.62. The highest BCUT2D eigenvalue weighted by Gasteiger charge is 2.42. The Morgan fingerprint density at radius 3 is 2.24 bits per heavy atom. The third kappa shape index (κ3) is 5.26. The second-order valence-corrected chi connectivity index (χ2v) is 8.36. The topological polar surface area (TPSA) is 44.8 Å². The van der Waals surface area contributed by atoms with Crippen LogP contribution in [-0.2, 0) is 19.0 Å². The maximum absolute atomic E-state index is 12.6. The van der Waals surface area contributed by atoms with Gasteiger partial charge in [0.1, 0.15) is 12.7 Å². The number of rotatable bonds is 5. The highest BCUT2D eigenvalue weighted by atomic mass is 16.7. The lowest BCUT2D eigenvalue weighted by Crippen LogP contribution is -2.39. The monoisotopic (exact) mass is 300 g/mol. The molecule has 1 aliphatic rings. The minimum Gasteiger partial charge on any atom is -0.462 e. The van der Waals surface area contributed by atoms with E-state index in [1.54, 1.807) is 0 Å². The average Bonchev–Trinajstić information content (AvgIpc) is 2.63. The predicted molar refractivity (Wildman–Crippen MR) is 82.9 cm³/mol. The summed E-state index contributed by atoms with van der Waals surface area (Å²) in [7, 11) is 0. The summed E-state index contributed by atoms with van der Waals surface area (Å²) in [5, 5.41) is 0. The molecule has 1 rings (SSSR count). The number of ether oxygens (including phenoxy) is 3. The van der Waals surface area contributed by atoms with E-state index in [0.717, 1.165) is 6.42 Å². The molecule has 0 aliphatic carbocycles. The van der Waals surface area contributed by atoms with Gasteiger partial charge in [-0.3, -0.25) is 4.79 Å². The first-order valence-corrected chi connectivity index (χ1v) is 7.85. The molecule has 1 saturated heterocycles. The highest BCUT2D eigenvalue weighted by Crippen LogP contribution is 2.40. The lowest BCUT2D eigenvalue weighted by atomic mass is 9.69. The summed E-state index contributed by atoms with van der Waals surface area (Å²) in [5.74, 6) is -0.494. The number of esters is 1. The summed E-state index contributed by atoms with van der Waals surface area (Å²) in [4.78, 5) is 12.6. The molecule has 0 radical (unpaired) electrons. The van der Waals surface area contributed by atoms with Crippen molar-refractivity contribution in [1.29, 1.82) is 0 Å². The van der Waals surface area contributed by atoms with Crippen molar-refractivity contribution in [2.45, 2.75) is 73.7 Å². The van der Waals surface area contributed by atoms with E-state index in [9.17, 15) is 4.79 Å². The largest absolute Gasteiger partial charge is 0.462 e. The molecular formula is C17H32O4. The van der Waals surface area contributed by atoms with E-state index in [2.05, 4.69) is 34.6 Å². The molecule has 1 fully saturated rings. The van der Waals surface area contributed by atoms with Gasteiger partial charge in [-0.05, 0) is 38.5 Å². The van der Waals surface area contributed by atoms with Crippen LogP contribution in [-0.4, -0.2) is 31.1 Å².